The van der Waals surface area contributed by atoms with Crippen LogP contribution < -0.4 is 5.32 Å². The summed E-state index contributed by atoms with van der Waals surface area (Å²) in [5.74, 6) is 0.640. The first-order chi connectivity index (χ1) is 10.3. The van der Waals surface area contributed by atoms with Gasteiger partial charge in [-0.15, -0.1) is 0 Å². The number of nitrogens with one attached hydrogen (secondary N) is 1. The predicted molar refractivity (Wildman–Crippen MR) is 81.0 cm³/mol. The van der Waals surface area contributed by atoms with Crippen LogP contribution in [0.5, 0.6) is 0 Å². The van der Waals surface area contributed by atoms with Gasteiger partial charge < -0.3 is 19.6 Å². The highest BCUT2D eigenvalue weighted by atomic mass is 16.5. The Kier molecular flexibility index (Phi) is 4.67. The zero-order valence-electron chi connectivity index (χ0n) is 12.9. The minimum absolute atomic E-state index is 0.303. The minimum Gasteiger partial charge on any atom is -0.467 e. The molecule has 4 heteroatoms. The lowest BCUT2D eigenvalue weighted by Crippen LogP contribution is -2.64. The molecule has 2 saturated carbocycles. The van der Waals surface area contributed by atoms with Crippen molar-refractivity contribution in [2.24, 2.45) is 5.41 Å². The van der Waals surface area contributed by atoms with Gasteiger partial charge in [-0.25, -0.2) is 0 Å². The molecule has 2 aliphatic rings. The average molecular weight is 293 g/mol. The molecule has 21 heavy (non-hydrogen) atoms. The van der Waals surface area contributed by atoms with E-state index in [4.69, 9.17) is 9.15 Å². The van der Waals surface area contributed by atoms with Crippen LogP contribution in [-0.2, 0) is 4.74 Å². The van der Waals surface area contributed by atoms with Gasteiger partial charge in [0.25, 0.3) is 0 Å². The zero-order valence-corrected chi connectivity index (χ0v) is 12.9. The van der Waals surface area contributed by atoms with Gasteiger partial charge in [-0.2, -0.15) is 0 Å². The van der Waals surface area contributed by atoms with Crippen molar-refractivity contribution in [1.82, 2.24) is 5.32 Å². The molecule has 2 N–H and O–H groups in total. The SMILES string of the molecule is CCOC1CC(NCC(O)c2ccco2)C12CCCCC2. The summed E-state index contributed by atoms with van der Waals surface area (Å²) < 4.78 is 11.2. The summed E-state index contributed by atoms with van der Waals surface area (Å²) in [5.41, 5.74) is 0.303. The van der Waals surface area contributed by atoms with Gasteiger partial charge in [0.1, 0.15) is 11.9 Å². The largest absolute Gasteiger partial charge is 0.467 e. The van der Waals surface area contributed by atoms with Crippen LogP contribution in [0.15, 0.2) is 22.8 Å². The summed E-state index contributed by atoms with van der Waals surface area (Å²) in [5, 5.41) is 13.7. The second-order valence-electron chi connectivity index (χ2n) is 6.47. The third-order valence-electron chi connectivity index (χ3n) is 5.37. The van der Waals surface area contributed by atoms with Crippen LogP contribution in [0.2, 0.25) is 0 Å². The van der Waals surface area contributed by atoms with E-state index in [9.17, 15) is 5.11 Å². The predicted octanol–water partition coefficient (Wildman–Crippen LogP) is 3.03. The summed E-state index contributed by atoms with van der Waals surface area (Å²) in [6, 6.07) is 4.11. The maximum Gasteiger partial charge on any atom is 0.133 e. The third-order valence-corrected chi connectivity index (χ3v) is 5.37. The number of aliphatic hydroxyl groups excluding tert-OH is 1. The van der Waals surface area contributed by atoms with Crippen molar-refractivity contribution in [2.75, 3.05) is 13.2 Å². The van der Waals surface area contributed by atoms with E-state index < -0.39 is 6.10 Å². The molecule has 2 aliphatic carbocycles. The van der Waals surface area contributed by atoms with Crippen LogP contribution >= 0.6 is 0 Å². The molecular formula is C17H27NO3. The smallest absolute Gasteiger partial charge is 0.133 e. The fraction of sp³-hybridized carbons (Fsp3) is 0.765. The summed E-state index contributed by atoms with van der Waals surface area (Å²) in [6.07, 6.45) is 8.99. The van der Waals surface area contributed by atoms with Gasteiger partial charge >= 0.3 is 0 Å². The Morgan fingerprint density at radius 2 is 2.24 bits per heavy atom. The quantitative estimate of drug-likeness (QED) is 0.846. The van der Waals surface area contributed by atoms with Crippen LogP contribution in [0.1, 0.15) is 57.3 Å². The van der Waals surface area contributed by atoms with E-state index in [1.165, 1.54) is 32.1 Å². The third kappa shape index (κ3) is 2.89. The van der Waals surface area contributed by atoms with Crippen LogP contribution in [0.3, 0.4) is 0 Å². The highest BCUT2D eigenvalue weighted by molar-refractivity contribution is 5.10. The van der Waals surface area contributed by atoms with E-state index in [0.29, 0.717) is 29.9 Å². The van der Waals surface area contributed by atoms with Crippen LogP contribution in [0.25, 0.3) is 0 Å². The van der Waals surface area contributed by atoms with E-state index in [0.717, 1.165) is 13.0 Å². The van der Waals surface area contributed by atoms with Gasteiger partial charge in [0.05, 0.1) is 12.4 Å². The highest BCUT2D eigenvalue weighted by Gasteiger charge is 2.55. The Balaban J connectivity index is 1.57. The van der Waals surface area contributed by atoms with Crippen molar-refractivity contribution in [3.05, 3.63) is 24.2 Å². The molecule has 0 bridgehead atoms. The van der Waals surface area contributed by atoms with Gasteiger partial charge in [-0.05, 0) is 38.3 Å². The number of furan rings is 1. The fourth-order valence-corrected chi connectivity index (χ4v) is 4.18. The molecule has 0 amide bonds. The average Bonchev–Trinajstić information content (AvgIpc) is 3.05. The Morgan fingerprint density at radius 3 is 2.90 bits per heavy atom. The van der Waals surface area contributed by atoms with E-state index in [1.807, 2.05) is 12.1 Å². The summed E-state index contributed by atoms with van der Waals surface area (Å²) in [4.78, 5) is 0. The van der Waals surface area contributed by atoms with E-state index in [-0.39, 0.29) is 0 Å². The lowest BCUT2D eigenvalue weighted by atomic mass is 9.55. The van der Waals surface area contributed by atoms with Crippen molar-refractivity contribution < 1.29 is 14.3 Å². The number of ether oxygens (including phenoxy) is 1. The molecule has 118 valence electrons. The minimum atomic E-state index is -0.563. The molecule has 2 fully saturated rings. The van der Waals surface area contributed by atoms with Crippen molar-refractivity contribution in [3.63, 3.8) is 0 Å². The van der Waals surface area contributed by atoms with Crippen molar-refractivity contribution in [2.45, 2.75) is 63.7 Å². The van der Waals surface area contributed by atoms with Crippen LogP contribution in [0.4, 0.5) is 0 Å². The second-order valence-corrected chi connectivity index (χ2v) is 6.47. The molecule has 1 aromatic heterocycles. The van der Waals surface area contributed by atoms with Crippen molar-refractivity contribution >= 4 is 0 Å². The monoisotopic (exact) mass is 293 g/mol. The molecule has 1 spiro atoms. The molecule has 1 aromatic rings. The summed E-state index contributed by atoms with van der Waals surface area (Å²) in [6.45, 7) is 3.44. The lowest BCUT2D eigenvalue weighted by Gasteiger charge is -2.58. The topological polar surface area (TPSA) is 54.6 Å². The van der Waals surface area contributed by atoms with Crippen LogP contribution in [0, 0.1) is 5.41 Å². The molecule has 3 atom stereocenters. The van der Waals surface area contributed by atoms with Crippen molar-refractivity contribution in [3.8, 4) is 0 Å². The Labute approximate surface area is 126 Å². The zero-order chi connectivity index (χ0) is 14.7. The van der Waals surface area contributed by atoms with Gasteiger partial charge in [0.2, 0.25) is 0 Å². The molecule has 3 rings (SSSR count). The number of rotatable bonds is 6. The standard InChI is InChI=1S/C17H27NO3/c1-2-20-16-11-15(17(16)8-4-3-5-9-17)18-12-13(19)14-7-6-10-21-14/h6-7,10,13,15-16,18-19H,2-5,8-9,11-12H2,1H3. The first-order valence-electron chi connectivity index (χ1n) is 8.32. The maximum absolute atomic E-state index is 10.1. The van der Waals surface area contributed by atoms with E-state index in [1.54, 1.807) is 6.26 Å². The first kappa shape index (κ1) is 15.1. The molecule has 3 unspecified atom stereocenters. The van der Waals surface area contributed by atoms with Crippen molar-refractivity contribution in [1.29, 1.82) is 0 Å². The Hall–Kier alpha value is -0.840. The molecule has 0 saturated heterocycles. The fourth-order valence-electron chi connectivity index (χ4n) is 4.18. The van der Waals surface area contributed by atoms with Crippen LogP contribution in [-0.4, -0.2) is 30.4 Å². The summed E-state index contributed by atoms with van der Waals surface area (Å²) >= 11 is 0. The molecule has 0 aliphatic heterocycles. The molecular weight excluding hydrogens is 266 g/mol. The van der Waals surface area contributed by atoms with Gasteiger partial charge in [0, 0.05) is 24.6 Å². The molecule has 1 heterocycles. The molecule has 0 aromatic carbocycles. The van der Waals surface area contributed by atoms with Gasteiger partial charge in [-0.3, -0.25) is 0 Å². The summed E-state index contributed by atoms with van der Waals surface area (Å²) in [7, 11) is 0. The first-order valence-corrected chi connectivity index (χ1v) is 8.32. The van der Waals surface area contributed by atoms with Gasteiger partial charge in [0.15, 0.2) is 0 Å². The number of aliphatic hydroxyl groups is 1. The normalized spacial score (nSPS) is 29.2. The van der Waals surface area contributed by atoms with E-state index >= 15 is 0 Å². The highest BCUT2D eigenvalue weighted by Crippen LogP contribution is 2.53. The second kappa shape index (κ2) is 6.51. The maximum atomic E-state index is 10.1. The lowest BCUT2D eigenvalue weighted by molar-refractivity contribution is -0.151. The Morgan fingerprint density at radius 1 is 1.43 bits per heavy atom. The Bertz CT molecular complexity index is 425. The molecule has 0 radical (unpaired) electrons. The molecule has 4 nitrogen and oxygen atoms in total. The number of hydrogen-bond acceptors (Lipinski definition) is 4. The van der Waals surface area contributed by atoms with E-state index in [2.05, 4.69) is 12.2 Å². The van der Waals surface area contributed by atoms with Gasteiger partial charge in [-0.1, -0.05) is 19.3 Å². The number of hydrogen-bond donors (Lipinski definition) is 2.